The Hall–Kier alpha value is -1.90. The Morgan fingerprint density at radius 3 is 2.59 bits per heavy atom. The maximum atomic E-state index is 7.49. The molecule has 5 aliphatic rings. The van der Waals surface area contributed by atoms with Crippen LogP contribution in [0.5, 0.6) is 0 Å². The zero-order chi connectivity index (χ0) is 23.3. The fourth-order valence-electron chi connectivity index (χ4n) is 9.02. The molecule has 3 aliphatic carbocycles. The summed E-state index contributed by atoms with van der Waals surface area (Å²) in [5.74, 6) is 1.24. The molecule has 6 atom stereocenters. The summed E-state index contributed by atoms with van der Waals surface area (Å²) in [6.45, 7) is 2.59. The van der Waals surface area contributed by atoms with E-state index in [1.807, 2.05) is 0 Å². The normalized spacial score (nSPS) is 40.9. The van der Waals surface area contributed by atoms with Crippen molar-refractivity contribution in [1.82, 2.24) is 0 Å². The highest BCUT2D eigenvalue weighted by Gasteiger charge is 2.67. The molecule has 7 rings (SSSR count). The minimum atomic E-state index is -0.0468. The number of hydrogen-bond acceptors (Lipinski definition) is 1. The van der Waals surface area contributed by atoms with Crippen LogP contribution in [0.3, 0.4) is 0 Å². The molecule has 2 spiro atoms. The van der Waals surface area contributed by atoms with Gasteiger partial charge in [-0.3, -0.25) is 0 Å². The molecule has 3 fully saturated rings. The van der Waals surface area contributed by atoms with E-state index in [1.165, 1.54) is 62.1 Å². The first-order valence-corrected chi connectivity index (χ1v) is 13.7. The molecular formula is C32H40NO+. The molecule has 1 saturated heterocycles. The Kier molecular flexibility index (Phi) is 4.31. The van der Waals surface area contributed by atoms with Crippen LogP contribution in [0.2, 0.25) is 0 Å². The average molecular weight is 455 g/mol. The molecular weight excluding hydrogens is 414 g/mol. The molecule has 34 heavy (non-hydrogen) atoms. The highest BCUT2D eigenvalue weighted by atomic mass is 16.5. The van der Waals surface area contributed by atoms with Gasteiger partial charge in [-0.25, -0.2) is 0 Å². The van der Waals surface area contributed by atoms with Gasteiger partial charge in [0, 0.05) is 12.8 Å². The Morgan fingerprint density at radius 1 is 0.941 bits per heavy atom. The second kappa shape index (κ2) is 6.86. The Labute approximate surface area is 205 Å². The molecule has 178 valence electrons. The van der Waals surface area contributed by atoms with Crippen molar-refractivity contribution in [3.8, 4) is 0 Å². The summed E-state index contributed by atoms with van der Waals surface area (Å²) < 4.78 is 8.55. The van der Waals surface area contributed by atoms with Crippen LogP contribution >= 0.6 is 0 Å². The van der Waals surface area contributed by atoms with E-state index >= 15 is 0 Å². The lowest BCUT2D eigenvalue weighted by Crippen LogP contribution is -2.57. The number of quaternary nitrogens is 1. The van der Waals surface area contributed by atoms with Crippen LogP contribution in [-0.4, -0.2) is 42.9 Å². The third kappa shape index (κ3) is 2.76. The second-order valence-corrected chi connectivity index (χ2v) is 13.3. The average Bonchev–Trinajstić information content (AvgIpc) is 3.33. The Morgan fingerprint density at radius 2 is 1.76 bits per heavy atom. The van der Waals surface area contributed by atoms with Gasteiger partial charge >= 0.3 is 0 Å². The predicted octanol–water partition coefficient (Wildman–Crippen LogP) is 7.16. The predicted molar refractivity (Wildman–Crippen MR) is 140 cm³/mol. The van der Waals surface area contributed by atoms with Crippen molar-refractivity contribution < 1.29 is 9.22 Å². The van der Waals surface area contributed by atoms with E-state index in [1.54, 1.807) is 16.7 Å². The van der Waals surface area contributed by atoms with Gasteiger partial charge in [0.2, 0.25) is 0 Å². The number of allylic oxidation sites excluding steroid dienone is 1. The molecule has 0 amide bonds. The number of rotatable bonds is 2. The van der Waals surface area contributed by atoms with Gasteiger partial charge in [0.1, 0.15) is 0 Å². The van der Waals surface area contributed by atoms with Gasteiger partial charge in [0.05, 0.1) is 38.4 Å². The highest BCUT2D eigenvalue weighted by molar-refractivity contribution is 5.83. The molecule has 0 N–H and O–H groups in total. The third-order valence-electron chi connectivity index (χ3n) is 10.9. The van der Waals surface area contributed by atoms with Crippen LogP contribution in [0.15, 0.2) is 65.8 Å². The molecule has 2 heteroatoms. The molecule has 2 aliphatic heterocycles. The van der Waals surface area contributed by atoms with E-state index in [0.717, 1.165) is 4.48 Å². The van der Waals surface area contributed by atoms with Crippen LogP contribution < -0.4 is 0 Å². The minimum Gasteiger partial charge on any atom is -0.359 e. The zero-order valence-electron chi connectivity index (χ0n) is 21.4. The minimum absolute atomic E-state index is 0.00503. The third-order valence-corrected chi connectivity index (χ3v) is 10.9. The van der Waals surface area contributed by atoms with Crippen LogP contribution in [0.4, 0.5) is 0 Å². The number of nitrogens with zero attached hydrogens (tertiary/aromatic N) is 1. The summed E-state index contributed by atoms with van der Waals surface area (Å²) in [6, 6.07) is 16.8. The second-order valence-electron chi connectivity index (χ2n) is 13.3. The Bertz CT molecular complexity index is 1230. The van der Waals surface area contributed by atoms with Crippen LogP contribution in [0.25, 0.3) is 10.8 Å². The first-order chi connectivity index (χ1) is 16.2. The van der Waals surface area contributed by atoms with Crippen LogP contribution in [0.1, 0.15) is 69.8 Å². The smallest absolute Gasteiger partial charge is 0.0975 e. The molecule has 2 nitrogen and oxygen atoms in total. The van der Waals surface area contributed by atoms with Crippen LogP contribution in [-0.2, 0) is 4.74 Å². The van der Waals surface area contributed by atoms with Crippen molar-refractivity contribution in [2.24, 2.45) is 11.3 Å². The lowest BCUT2D eigenvalue weighted by molar-refractivity contribution is -0.898. The molecule has 2 saturated carbocycles. The summed E-state index contributed by atoms with van der Waals surface area (Å²) >= 11 is 0. The topological polar surface area (TPSA) is 9.23 Å². The van der Waals surface area contributed by atoms with E-state index in [9.17, 15) is 0 Å². The van der Waals surface area contributed by atoms with Crippen molar-refractivity contribution in [2.75, 3.05) is 21.1 Å². The fraction of sp³-hybridized carbons (Fsp3) is 0.562. The molecule has 2 aromatic carbocycles. The lowest BCUT2D eigenvalue weighted by Gasteiger charge is -2.55. The standard InChI is InChI=1S/C32H40NO/c1-30-16-15-26-20-25-11-12-27(33(2,3)4)21-31(25)17-18-32(26,34-31)29(30)14-13-28(30)24-10-9-22-7-5-6-8-23(22)19-24/h5-10,15,19-20,27-29H,11-14,16-18,21H2,1-4H3/q+1/t27-,28-,29-,30-,31?,32-/m1/s1. The lowest BCUT2D eigenvalue weighted by atomic mass is 9.58. The molecule has 0 radical (unpaired) electrons. The van der Waals surface area contributed by atoms with Gasteiger partial charge < -0.3 is 9.22 Å². The summed E-state index contributed by atoms with van der Waals surface area (Å²) in [7, 11) is 7.12. The van der Waals surface area contributed by atoms with Gasteiger partial charge in [-0.2, -0.15) is 0 Å². The zero-order valence-corrected chi connectivity index (χ0v) is 21.4. The van der Waals surface area contributed by atoms with Gasteiger partial charge in [0.15, 0.2) is 0 Å². The highest BCUT2D eigenvalue weighted by Crippen LogP contribution is 2.69. The molecule has 2 bridgehead atoms. The molecule has 0 aromatic heterocycles. The first-order valence-electron chi connectivity index (χ1n) is 13.7. The SMILES string of the molecule is C[C@]12CC=C3C=C4CC[C@@H]([N+](C)(C)C)CC45CC[C@]3(O5)[C@@H]1CC[C@@H]2c1ccc2ccccc2c1. The number of fused-ring (bicyclic) bond motifs is 2. The van der Waals surface area contributed by atoms with E-state index in [2.05, 4.69) is 82.7 Å². The van der Waals surface area contributed by atoms with Gasteiger partial charge in [0.25, 0.3) is 0 Å². The molecule has 2 heterocycles. The summed E-state index contributed by atoms with van der Waals surface area (Å²) in [5, 5.41) is 2.73. The Balaban J connectivity index is 1.27. The largest absolute Gasteiger partial charge is 0.359 e. The number of ether oxygens (including phenoxy) is 1. The van der Waals surface area contributed by atoms with Crippen molar-refractivity contribution >= 4 is 10.8 Å². The summed E-state index contributed by atoms with van der Waals surface area (Å²) in [4.78, 5) is 0. The van der Waals surface area contributed by atoms with Crippen molar-refractivity contribution in [1.29, 1.82) is 0 Å². The van der Waals surface area contributed by atoms with Crippen molar-refractivity contribution in [3.05, 3.63) is 71.3 Å². The number of hydrogen-bond donors (Lipinski definition) is 0. The van der Waals surface area contributed by atoms with E-state index < -0.39 is 0 Å². The monoisotopic (exact) mass is 454 g/mol. The molecule has 2 aromatic rings. The van der Waals surface area contributed by atoms with Gasteiger partial charge in [-0.15, -0.1) is 0 Å². The van der Waals surface area contributed by atoms with Gasteiger partial charge in [-0.1, -0.05) is 61.5 Å². The fourth-order valence-corrected chi connectivity index (χ4v) is 9.02. The maximum Gasteiger partial charge on any atom is 0.0975 e. The van der Waals surface area contributed by atoms with Crippen LogP contribution in [0, 0.1) is 11.3 Å². The van der Waals surface area contributed by atoms with Crippen molar-refractivity contribution in [3.63, 3.8) is 0 Å². The van der Waals surface area contributed by atoms with Crippen molar-refractivity contribution in [2.45, 2.75) is 81.5 Å². The quantitative estimate of drug-likeness (QED) is 0.438. The van der Waals surface area contributed by atoms with E-state index in [-0.39, 0.29) is 16.6 Å². The maximum absolute atomic E-state index is 7.49. The first kappa shape index (κ1) is 21.4. The summed E-state index contributed by atoms with van der Waals surface area (Å²) in [5.41, 5.74) is 4.93. The van der Waals surface area contributed by atoms with E-state index in [4.69, 9.17) is 4.74 Å². The van der Waals surface area contributed by atoms with Gasteiger partial charge in [-0.05, 0) is 83.3 Å². The van der Waals surface area contributed by atoms with E-state index in [0.29, 0.717) is 17.9 Å². The summed E-state index contributed by atoms with van der Waals surface area (Å²) in [6.07, 6.45) is 15.2. The number of benzene rings is 2. The molecule has 1 unspecified atom stereocenters.